The predicted molar refractivity (Wildman–Crippen MR) is 64.0 cm³/mol. The average molecular weight is 235 g/mol. The number of carboxylic acid groups (broad SMARTS) is 1. The van der Waals surface area contributed by atoms with Gasteiger partial charge in [-0.1, -0.05) is 0 Å². The number of anilines is 1. The fourth-order valence-corrected chi connectivity index (χ4v) is 2.17. The first-order valence-electron chi connectivity index (χ1n) is 5.79. The van der Waals surface area contributed by atoms with Gasteiger partial charge in [-0.2, -0.15) is 0 Å². The molecule has 92 valence electrons. The molecule has 0 radical (unpaired) electrons. The minimum atomic E-state index is -0.741. The van der Waals surface area contributed by atoms with Gasteiger partial charge in [0.2, 0.25) is 5.95 Å². The Morgan fingerprint density at radius 1 is 1.59 bits per heavy atom. The molecule has 0 amide bonds. The molecular formula is C12H17N3O2. The van der Waals surface area contributed by atoms with Crippen LogP contribution in [0.25, 0.3) is 0 Å². The molecule has 0 bridgehead atoms. The van der Waals surface area contributed by atoms with Crippen LogP contribution in [0.2, 0.25) is 0 Å². The average Bonchev–Trinajstić information content (AvgIpc) is 2.29. The summed E-state index contributed by atoms with van der Waals surface area (Å²) in [4.78, 5) is 21.8. The standard InChI is InChI=1S/C12H17N3O2/c1-9-4-6-13-11(14-9)15-7-3-5-12(2,8-15)10(16)17/h4,6H,3,5,7-8H2,1-2H3,(H,16,17). The molecule has 1 aliphatic heterocycles. The normalized spacial score (nSPS) is 24.7. The van der Waals surface area contributed by atoms with Crippen molar-refractivity contribution in [3.8, 4) is 0 Å². The Kier molecular flexibility index (Phi) is 3.00. The number of rotatable bonds is 2. The molecule has 2 rings (SSSR count). The van der Waals surface area contributed by atoms with Gasteiger partial charge in [-0.25, -0.2) is 9.97 Å². The zero-order chi connectivity index (χ0) is 12.5. The van der Waals surface area contributed by atoms with Crippen LogP contribution in [0, 0.1) is 12.3 Å². The Balaban J connectivity index is 2.20. The van der Waals surface area contributed by atoms with Crippen molar-refractivity contribution in [2.75, 3.05) is 18.0 Å². The predicted octanol–water partition coefficient (Wildman–Crippen LogP) is 1.48. The van der Waals surface area contributed by atoms with Crippen molar-refractivity contribution in [3.05, 3.63) is 18.0 Å². The van der Waals surface area contributed by atoms with E-state index >= 15 is 0 Å². The SMILES string of the molecule is Cc1ccnc(N2CCCC(C)(C(=O)O)C2)n1. The highest BCUT2D eigenvalue weighted by atomic mass is 16.4. The van der Waals surface area contributed by atoms with Crippen molar-refractivity contribution in [1.82, 2.24) is 9.97 Å². The maximum atomic E-state index is 11.3. The molecule has 5 heteroatoms. The summed E-state index contributed by atoms with van der Waals surface area (Å²) in [6, 6.07) is 1.84. The highest BCUT2D eigenvalue weighted by molar-refractivity contribution is 5.75. The molecule has 17 heavy (non-hydrogen) atoms. The van der Waals surface area contributed by atoms with Gasteiger partial charge in [0.15, 0.2) is 0 Å². The molecule has 1 atom stereocenters. The molecule has 0 aliphatic carbocycles. The molecule has 5 nitrogen and oxygen atoms in total. The summed E-state index contributed by atoms with van der Waals surface area (Å²) in [6.45, 7) is 5.00. The van der Waals surface area contributed by atoms with Crippen LogP contribution >= 0.6 is 0 Å². The molecular weight excluding hydrogens is 218 g/mol. The minimum Gasteiger partial charge on any atom is -0.481 e. The third kappa shape index (κ3) is 2.38. The zero-order valence-corrected chi connectivity index (χ0v) is 10.2. The Bertz CT molecular complexity index is 436. The van der Waals surface area contributed by atoms with Gasteiger partial charge >= 0.3 is 5.97 Å². The van der Waals surface area contributed by atoms with E-state index in [1.54, 1.807) is 13.1 Å². The number of nitrogens with zero attached hydrogens (tertiary/aromatic N) is 3. The summed E-state index contributed by atoms with van der Waals surface area (Å²) in [5, 5.41) is 9.25. The minimum absolute atomic E-state index is 0.478. The third-order valence-electron chi connectivity index (χ3n) is 3.28. The van der Waals surface area contributed by atoms with Gasteiger partial charge < -0.3 is 10.0 Å². The third-order valence-corrected chi connectivity index (χ3v) is 3.28. The van der Waals surface area contributed by atoms with Crippen LogP contribution in [0.15, 0.2) is 12.3 Å². The van der Waals surface area contributed by atoms with Crippen LogP contribution in [0.5, 0.6) is 0 Å². The van der Waals surface area contributed by atoms with Crippen molar-refractivity contribution < 1.29 is 9.90 Å². The number of aliphatic carboxylic acids is 1. The van der Waals surface area contributed by atoms with Crippen LogP contribution in [-0.4, -0.2) is 34.1 Å². The second-order valence-corrected chi connectivity index (χ2v) is 4.89. The number of piperidine rings is 1. The van der Waals surface area contributed by atoms with Gasteiger partial charge in [0.25, 0.3) is 0 Å². The van der Waals surface area contributed by atoms with Crippen molar-refractivity contribution in [2.45, 2.75) is 26.7 Å². The summed E-state index contributed by atoms with van der Waals surface area (Å²) in [5.41, 5.74) is 0.211. The summed E-state index contributed by atoms with van der Waals surface area (Å²) < 4.78 is 0. The van der Waals surface area contributed by atoms with E-state index in [0.29, 0.717) is 18.9 Å². The lowest BCUT2D eigenvalue weighted by Crippen LogP contribution is -2.46. The molecule has 1 aromatic heterocycles. The van der Waals surface area contributed by atoms with E-state index in [1.807, 2.05) is 17.9 Å². The molecule has 1 N–H and O–H groups in total. The van der Waals surface area contributed by atoms with Gasteiger partial charge in [0.05, 0.1) is 5.41 Å². The first kappa shape index (κ1) is 11.8. The summed E-state index contributed by atoms with van der Waals surface area (Å²) in [5.74, 6) is -0.105. The molecule has 1 saturated heterocycles. The van der Waals surface area contributed by atoms with Crippen molar-refractivity contribution in [1.29, 1.82) is 0 Å². The highest BCUT2D eigenvalue weighted by Gasteiger charge is 2.38. The lowest BCUT2D eigenvalue weighted by atomic mass is 9.82. The van der Waals surface area contributed by atoms with Gasteiger partial charge in [-0.3, -0.25) is 4.79 Å². The second kappa shape index (κ2) is 4.31. The van der Waals surface area contributed by atoms with Crippen molar-refractivity contribution >= 4 is 11.9 Å². The van der Waals surface area contributed by atoms with E-state index in [4.69, 9.17) is 0 Å². The fraction of sp³-hybridized carbons (Fsp3) is 0.583. The molecule has 1 unspecified atom stereocenters. The van der Waals surface area contributed by atoms with Crippen molar-refractivity contribution in [3.63, 3.8) is 0 Å². The number of aromatic nitrogens is 2. The summed E-state index contributed by atoms with van der Waals surface area (Å²) in [6.07, 6.45) is 3.29. The maximum absolute atomic E-state index is 11.3. The molecule has 1 fully saturated rings. The molecule has 1 aliphatic rings. The first-order chi connectivity index (χ1) is 8.01. The Labute approximate surface area is 100 Å². The summed E-state index contributed by atoms with van der Waals surface area (Å²) in [7, 11) is 0. The van der Waals surface area contributed by atoms with Crippen LogP contribution in [-0.2, 0) is 4.79 Å². The van der Waals surface area contributed by atoms with Crippen LogP contribution in [0.4, 0.5) is 5.95 Å². The molecule has 0 aromatic carbocycles. The number of carbonyl (C=O) groups is 1. The second-order valence-electron chi connectivity index (χ2n) is 4.89. The lowest BCUT2D eigenvalue weighted by molar-refractivity contribution is -0.148. The Morgan fingerprint density at radius 3 is 3.00 bits per heavy atom. The smallest absolute Gasteiger partial charge is 0.311 e. The molecule has 0 spiro atoms. The van der Waals surface area contributed by atoms with Gasteiger partial charge in [-0.05, 0) is 32.8 Å². The van der Waals surface area contributed by atoms with Crippen LogP contribution in [0.3, 0.4) is 0 Å². The van der Waals surface area contributed by atoms with E-state index in [9.17, 15) is 9.90 Å². The van der Waals surface area contributed by atoms with Gasteiger partial charge in [0, 0.05) is 25.0 Å². The summed E-state index contributed by atoms with van der Waals surface area (Å²) >= 11 is 0. The van der Waals surface area contributed by atoms with Crippen LogP contribution < -0.4 is 4.90 Å². The zero-order valence-electron chi connectivity index (χ0n) is 10.2. The molecule has 2 heterocycles. The van der Waals surface area contributed by atoms with E-state index in [2.05, 4.69) is 9.97 Å². The lowest BCUT2D eigenvalue weighted by Gasteiger charge is -2.37. The van der Waals surface area contributed by atoms with Crippen molar-refractivity contribution in [2.24, 2.45) is 5.41 Å². The van der Waals surface area contributed by atoms with Gasteiger partial charge in [0.1, 0.15) is 0 Å². The maximum Gasteiger partial charge on any atom is 0.311 e. The Hall–Kier alpha value is -1.65. The topological polar surface area (TPSA) is 66.3 Å². The quantitative estimate of drug-likeness (QED) is 0.841. The van der Waals surface area contributed by atoms with Crippen LogP contribution in [0.1, 0.15) is 25.5 Å². The first-order valence-corrected chi connectivity index (χ1v) is 5.79. The van der Waals surface area contributed by atoms with E-state index in [1.165, 1.54) is 0 Å². The molecule has 0 saturated carbocycles. The largest absolute Gasteiger partial charge is 0.481 e. The van der Waals surface area contributed by atoms with Gasteiger partial charge in [-0.15, -0.1) is 0 Å². The monoisotopic (exact) mass is 235 g/mol. The number of hydrogen-bond acceptors (Lipinski definition) is 4. The molecule has 1 aromatic rings. The number of hydrogen-bond donors (Lipinski definition) is 1. The number of carboxylic acids is 1. The fourth-order valence-electron chi connectivity index (χ4n) is 2.17. The van der Waals surface area contributed by atoms with E-state index < -0.39 is 11.4 Å². The highest BCUT2D eigenvalue weighted by Crippen LogP contribution is 2.31. The number of aryl methyl sites for hydroxylation is 1. The van der Waals surface area contributed by atoms with E-state index in [-0.39, 0.29) is 0 Å². The Morgan fingerprint density at radius 2 is 2.35 bits per heavy atom. The van der Waals surface area contributed by atoms with E-state index in [0.717, 1.165) is 18.7 Å².